The van der Waals surface area contributed by atoms with Crippen molar-refractivity contribution in [2.75, 3.05) is 0 Å². The van der Waals surface area contributed by atoms with Crippen LogP contribution in [0.1, 0.15) is 27.0 Å². The third-order valence-electron chi connectivity index (χ3n) is 7.06. The first-order valence-electron chi connectivity index (χ1n) is 11.3. The number of nitrogens with zero attached hydrogens (tertiary/aromatic N) is 2. The van der Waals surface area contributed by atoms with E-state index in [2.05, 4.69) is 0 Å². The fourth-order valence-electron chi connectivity index (χ4n) is 4.47. The maximum Gasteiger partial charge on any atom is 0.349 e. The van der Waals surface area contributed by atoms with Gasteiger partial charge in [0.1, 0.15) is 7.85 Å². The van der Waals surface area contributed by atoms with Gasteiger partial charge in [0, 0.05) is 22.7 Å². The third-order valence-corrected chi connectivity index (χ3v) is 7.31. The van der Waals surface area contributed by atoms with E-state index in [0.717, 1.165) is 12.1 Å². The topological polar surface area (TPSA) is 86.8 Å². The summed E-state index contributed by atoms with van der Waals surface area (Å²) in [6.45, 7) is -0.483. The third kappa shape index (κ3) is 4.18. The van der Waals surface area contributed by atoms with Crippen molar-refractivity contribution in [2.24, 2.45) is 0 Å². The van der Waals surface area contributed by atoms with Gasteiger partial charge < -0.3 is 15.0 Å². The number of fused-ring (bicyclic) bond motifs is 1. The van der Waals surface area contributed by atoms with E-state index in [1.54, 1.807) is 0 Å². The zero-order chi connectivity index (χ0) is 30.2. The minimum atomic E-state index is -4.04. The van der Waals surface area contributed by atoms with Gasteiger partial charge in [0.05, 0.1) is 52.5 Å². The van der Waals surface area contributed by atoms with E-state index in [4.69, 9.17) is 74.5 Å². The zero-order valence-electron chi connectivity index (χ0n) is 20.5. The maximum atomic E-state index is 14.8. The average Bonchev–Trinajstić information content (AvgIpc) is 3.22. The van der Waals surface area contributed by atoms with E-state index in [1.165, 1.54) is 30.3 Å². The van der Waals surface area contributed by atoms with Crippen LogP contribution in [0.2, 0.25) is 15.5 Å². The molecule has 0 spiro atoms. The molecule has 1 atom stereocenters. The molecule has 2 heterocycles. The van der Waals surface area contributed by atoms with E-state index < -0.39 is 62.9 Å². The highest BCUT2D eigenvalue weighted by molar-refractivity contribution is 6.68. The highest BCUT2D eigenvalue weighted by atomic mass is 35.5. The Balaban J connectivity index is 1.65. The number of nitrogens with one attached hydrogen (secondary N) is 1. The summed E-state index contributed by atoms with van der Waals surface area (Å²) in [5.74, 6) is -9.48. The van der Waals surface area contributed by atoms with Crippen LogP contribution in [0.4, 0.5) is 8.78 Å². The molecule has 1 saturated heterocycles. The van der Waals surface area contributed by atoms with Gasteiger partial charge >= 0.3 is 5.92 Å². The van der Waals surface area contributed by atoms with Gasteiger partial charge in [-0.25, -0.2) is 0 Å². The first-order chi connectivity index (χ1) is 18.2. The van der Waals surface area contributed by atoms with Crippen LogP contribution in [0.15, 0.2) is 42.5 Å². The second-order valence-corrected chi connectivity index (χ2v) is 10.1. The van der Waals surface area contributed by atoms with Crippen LogP contribution in [-0.2, 0) is 32.2 Å². The molecule has 0 aliphatic carbocycles. The molecule has 2 aromatic carbocycles. The van der Waals surface area contributed by atoms with E-state index in [0.29, 0.717) is 4.90 Å². The van der Waals surface area contributed by atoms with Crippen molar-refractivity contribution >= 4 is 98.1 Å². The number of imide groups is 1. The predicted octanol–water partition coefficient (Wildman–Crippen LogP) is -1.13. The Morgan fingerprint density at radius 3 is 2.05 bits per heavy atom. The molecule has 16 radical (unpaired) electrons. The number of carbonyl (C=O) groups excluding carboxylic acids is 4. The number of amides is 4. The van der Waals surface area contributed by atoms with Crippen LogP contribution in [0.25, 0.3) is 0 Å². The van der Waals surface area contributed by atoms with Crippen molar-refractivity contribution in [2.45, 2.75) is 33.7 Å². The summed E-state index contributed by atoms with van der Waals surface area (Å²) in [5, 5.41) is -5.72. The van der Waals surface area contributed by atoms with Gasteiger partial charge in [-0.05, 0) is 39.9 Å². The molecular weight excluding hydrogens is 530 g/mol. The van der Waals surface area contributed by atoms with Gasteiger partial charge in [0.2, 0.25) is 19.8 Å². The van der Waals surface area contributed by atoms with Crippen LogP contribution >= 0.6 is 11.6 Å². The minimum Gasteiger partial charge on any atom is -0.358 e. The second kappa shape index (κ2) is 9.36. The monoisotopic (exact) mass is 541 g/mol. The highest BCUT2D eigenvalue weighted by Gasteiger charge is 2.64. The Morgan fingerprint density at radius 2 is 1.48 bits per heavy atom. The zero-order valence-corrected chi connectivity index (χ0v) is 21.3. The van der Waals surface area contributed by atoms with Gasteiger partial charge in [0.25, 0.3) is 11.8 Å². The van der Waals surface area contributed by atoms with Crippen LogP contribution in [0.3, 0.4) is 0 Å². The second-order valence-electron chi connectivity index (χ2n) is 9.65. The van der Waals surface area contributed by atoms with Crippen molar-refractivity contribution < 1.29 is 28.0 Å². The summed E-state index contributed by atoms with van der Waals surface area (Å²) in [6.07, 6.45) is 0. The number of hydrogen-bond acceptors (Lipinski definition) is 4. The summed E-state index contributed by atoms with van der Waals surface area (Å²) < 4.78 is 29.6. The summed E-state index contributed by atoms with van der Waals surface area (Å²) in [6, 6.07) is 7.87. The van der Waals surface area contributed by atoms with Crippen LogP contribution < -0.4 is 5.32 Å². The van der Waals surface area contributed by atoms with Crippen molar-refractivity contribution in [3.63, 3.8) is 0 Å². The minimum absolute atomic E-state index is 0.0147. The van der Waals surface area contributed by atoms with Crippen LogP contribution in [0, 0.1) is 0 Å². The Hall–Kier alpha value is -2.81. The van der Waals surface area contributed by atoms with Crippen molar-refractivity contribution in [1.29, 1.82) is 0 Å². The van der Waals surface area contributed by atoms with E-state index in [1.807, 2.05) is 5.32 Å². The molecule has 0 saturated carbocycles. The van der Waals surface area contributed by atoms with Gasteiger partial charge in [-0.1, -0.05) is 41.1 Å². The molecule has 1 N–H and O–H groups in total. The molecule has 7 nitrogen and oxygen atoms in total. The molecule has 4 amide bonds. The maximum absolute atomic E-state index is 14.8. The quantitative estimate of drug-likeness (QED) is 0.385. The van der Waals surface area contributed by atoms with Gasteiger partial charge in [-0.15, -0.1) is 0 Å². The molecule has 182 valence electrons. The summed E-state index contributed by atoms with van der Waals surface area (Å²) >= 11 is 5.71. The SMILES string of the molecule is [B]N1C(=O)C([B])([B])C([B])([B])C([B])(N2Cc3cc(C([B])([B])NC(=O)C(F)(F)c4ccc(Cl)cc4)ccc3C2=O)C1=O. The van der Waals surface area contributed by atoms with Crippen LogP contribution in [-0.4, -0.2) is 102 Å². The van der Waals surface area contributed by atoms with Crippen LogP contribution in [0.5, 0.6) is 0 Å². The lowest BCUT2D eigenvalue weighted by Gasteiger charge is -2.62. The smallest absolute Gasteiger partial charge is 0.349 e. The number of carbonyl (C=O) groups is 4. The number of piperidine rings is 1. The lowest BCUT2D eigenvalue weighted by Crippen LogP contribution is -2.75. The average molecular weight is 540 g/mol. The molecule has 2 aliphatic heterocycles. The fraction of sp³-hybridized carbons (Fsp3) is 0.273. The van der Waals surface area contributed by atoms with Gasteiger partial charge in [-0.3, -0.25) is 19.2 Å². The molecular formula is C22H10B8ClF2N3O4. The van der Waals surface area contributed by atoms with Crippen molar-refractivity contribution in [3.8, 4) is 0 Å². The molecule has 0 aromatic heterocycles. The Morgan fingerprint density at radius 1 is 0.925 bits per heavy atom. The predicted molar refractivity (Wildman–Crippen MR) is 147 cm³/mol. The number of hydrogen-bond donors (Lipinski definition) is 1. The molecule has 2 aromatic rings. The standard InChI is InChI=1S/C22H10B8ClF2N3O4/c23-19(24)16(39)36(30)17(40)20(25,22(19,28)29)35-8-9-7-11(3-6-13(9)14(35)37)21(26,27)34-15(38)18(32,33)10-1-4-12(31)5-2-10/h1-7H,8H2,(H,34,38). The van der Waals surface area contributed by atoms with Gasteiger partial charge in [0.15, 0.2) is 0 Å². The number of benzene rings is 2. The molecule has 18 heteroatoms. The van der Waals surface area contributed by atoms with Gasteiger partial charge in [-0.2, -0.15) is 8.78 Å². The highest BCUT2D eigenvalue weighted by Crippen LogP contribution is 2.57. The molecule has 1 fully saturated rings. The molecule has 0 bridgehead atoms. The number of halogens is 3. The summed E-state index contributed by atoms with van der Waals surface area (Å²) in [7, 11) is 47.4. The Labute approximate surface area is 244 Å². The first-order valence-corrected chi connectivity index (χ1v) is 11.7. The van der Waals surface area contributed by atoms with E-state index >= 15 is 0 Å². The lowest BCUT2D eigenvalue weighted by molar-refractivity contribution is -0.149. The normalized spacial score (nSPS) is 22.2. The van der Waals surface area contributed by atoms with Crippen molar-refractivity contribution in [1.82, 2.24) is 15.0 Å². The molecule has 4 rings (SSSR count). The Bertz CT molecular complexity index is 1460. The Kier molecular flexibility index (Phi) is 7.06. The molecule has 1 unspecified atom stereocenters. The summed E-state index contributed by atoms with van der Waals surface area (Å²) in [4.78, 5) is 51.9. The molecule has 40 heavy (non-hydrogen) atoms. The van der Waals surface area contributed by atoms with E-state index in [-0.39, 0.29) is 26.5 Å². The fourth-order valence-corrected chi connectivity index (χ4v) is 4.60. The first kappa shape index (κ1) is 30.2. The summed E-state index contributed by atoms with van der Waals surface area (Å²) in [5.41, 5.74) is -3.44. The van der Waals surface area contributed by atoms with Crippen molar-refractivity contribution in [3.05, 3.63) is 69.7 Å². The lowest BCUT2D eigenvalue weighted by atomic mass is 9.21. The largest absolute Gasteiger partial charge is 0.358 e. The van der Waals surface area contributed by atoms with E-state index in [9.17, 15) is 28.0 Å². The molecule has 2 aliphatic rings. The number of rotatable bonds is 5. The number of alkyl halides is 2.